The molecule has 0 spiro atoms. The molecule has 0 saturated heterocycles. The Hall–Kier alpha value is -0.340. The molecule has 0 bridgehead atoms. The molecule has 0 aromatic heterocycles. The summed E-state index contributed by atoms with van der Waals surface area (Å²) in [6, 6.07) is 0.455. The van der Waals surface area contributed by atoms with Crippen LogP contribution in [0.3, 0.4) is 0 Å². The van der Waals surface area contributed by atoms with Crippen molar-refractivity contribution in [2.24, 2.45) is 0 Å². The summed E-state index contributed by atoms with van der Waals surface area (Å²) in [6.07, 6.45) is 3.36. The molecular weight excluding hydrogens is 198 g/mol. The first kappa shape index (κ1) is 15.7. The van der Waals surface area contributed by atoms with Crippen LogP contribution in [0.2, 0.25) is 0 Å². The van der Waals surface area contributed by atoms with Gasteiger partial charge in [0.05, 0.1) is 12.2 Å². The summed E-state index contributed by atoms with van der Waals surface area (Å²) in [4.78, 5) is 0. The van der Waals surface area contributed by atoms with E-state index in [4.69, 9.17) is 4.74 Å². The number of ether oxygens (including phenoxy) is 1. The maximum absolute atomic E-state index is 5.83. The van der Waals surface area contributed by atoms with Crippen LogP contribution >= 0.6 is 0 Å². The maximum Gasteiger partial charge on any atom is 0.0626 e. The second-order valence-electron chi connectivity index (χ2n) is 5.57. The highest BCUT2D eigenvalue weighted by molar-refractivity contribution is 4.89. The molecule has 0 radical (unpaired) electrons. The molecule has 0 rings (SSSR count). The largest absolute Gasteiger partial charge is 0.374 e. The highest BCUT2D eigenvalue weighted by Crippen LogP contribution is 2.11. The van der Waals surface area contributed by atoms with Crippen molar-refractivity contribution in [3.63, 3.8) is 0 Å². The van der Waals surface area contributed by atoms with Gasteiger partial charge in [0.2, 0.25) is 0 Å². The van der Waals surface area contributed by atoms with E-state index in [1.54, 1.807) is 0 Å². The maximum atomic E-state index is 5.83. The summed E-state index contributed by atoms with van der Waals surface area (Å²) < 4.78 is 5.83. The van der Waals surface area contributed by atoms with Crippen molar-refractivity contribution in [3.05, 3.63) is 12.2 Å². The van der Waals surface area contributed by atoms with Crippen molar-refractivity contribution in [2.45, 2.75) is 65.5 Å². The van der Waals surface area contributed by atoms with Gasteiger partial charge in [-0.15, -0.1) is 6.58 Å². The smallest absolute Gasteiger partial charge is 0.0626 e. The Morgan fingerprint density at radius 2 is 2.00 bits per heavy atom. The molecule has 2 heteroatoms. The third-order valence-corrected chi connectivity index (χ3v) is 2.32. The molecule has 0 aliphatic rings. The van der Waals surface area contributed by atoms with Crippen LogP contribution in [-0.2, 0) is 4.74 Å². The Labute approximate surface area is 101 Å². The number of hydrogen-bond donors (Lipinski definition) is 1. The molecule has 0 aromatic carbocycles. The van der Waals surface area contributed by atoms with Gasteiger partial charge in [-0.3, -0.25) is 0 Å². The van der Waals surface area contributed by atoms with Crippen LogP contribution in [0, 0.1) is 0 Å². The van der Waals surface area contributed by atoms with Gasteiger partial charge in [0.1, 0.15) is 0 Å². The van der Waals surface area contributed by atoms with Gasteiger partial charge in [0.25, 0.3) is 0 Å². The van der Waals surface area contributed by atoms with Gasteiger partial charge in [-0.2, -0.15) is 0 Å². The lowest BCUT2D eigenvalue weighted by Crippen LogP contribution is -2.37. The molecule has 0 amide bonds. The highest BCUT2D eigenvalue weighted by atomic mass is 16.5. The van der Waals surface area contributed by atoms with E-state index in [2.05, 4.69) is 46.5 Å². The molecule has 1 N–H and O–H groups in total. The Kier molecular flexibility index (Phi) is 7.69. The van der Waals surface area contributed by atoms with E-state index in [1.165, 1.54) is 12.0 Å². The van der Waals surface area contributed by atoms with Crippen LogP contribution in [0.25, 0.3) is 0 Å². The molecular formula is C14H29NO. The van der Waals surface area contributed by atoms with E-state index in [0.717, 1.165) is 26.0 Å². The SMILES string of the molecule is C=C(C)CCC(COC(C)(C)C)NCCC. The summed E-state index contributed by atoms with van der Waals surface area (Å²) in [6.45, 7) is 16.4. The van der Waals surface area contributed by atoms with Crippen molar-refractivity contribution in [1.82, 2.24) is 5.32 Å². The quantitative estimate of drug-likeness (QED) is 0.641. The van der Waals surface area contributed by atoms with Gasteiger partial charge < -0.3 is 10.1 Å². The van der Waals surface area contributed by atoms with Gasteiger partial charge in [0.15, 0.2) is 0 Å². The molecule has 1 unspecified atom stereocenters. The van der Waals surface area contributed by atoms with Crippen molar-refractivity contribution in [2.75, 3.05) is 13.2 Å². The molecule has 96 valence electrons. The van der Waals surface area contributed by atoms with Crippen LogP contribution in [0.1, 0.15) is 53.9 Å². The Bertz CT molecular complexity index is 193. The topological polar surface area (TPSA) is 21.3 Å². The van der Waals surface area contributed by atoms with E-state index in [1.807, 2.05) is 0 Å². The van der Waals surface area contributed by atoms with Crippen molar-refractivity contribution in [1.29, 1.82) is 0 Å². The zero-order chi connectivity index (χ0) is 12.6. The van der Waals surface area contributed by atoms with Crippen LogP contribution in [0.4, 0.5) is 0 Å². The van der Waals surface area contributed by atoms with Crippen molar-refractivity contribution >= 4 is 0 Å². The van der Waals surface area contributed by atoms with Gasteiger partial charge in [-0.25, -0.2) is 0 Å². The monoisotopic (exact) mass is 227 g/mol. The highest BCUT2D eigenvalue weighted by Gasteiger charge is 2.14. The molecule has 0 aromatic rings. The fourth-order valence-corrected chi connectivity index (χ4v) is 1.36. The molecule has 0 fully saturated rings. The molecule has 2 nitrogen and oxygen atoms in total. The number of rotatable bonds is 8. The first-order chi connectivity index (χ1) is 7.35. The lowest BCUT2D eigenvalue weighted by atomic mass is 10.1. The summed E-state index contributed by atoms with van der Waals surface area (Å²) >= 11 is 0. The standard InChI is InChI=1S/C14H29NO/c1-7-10-15-13(9-8-12(2)3)11-16-14(4,5)6/h13,15H,2,7-11H2,1,3-6H3. The predicted octanol–water partition coefficient (Wildman–Crippen LogP) is 3.53. The lowest BCUT2D eigenvalue weighted by molar-refractivity contribution is -0.0153. The minimum absolute atomic E-state index is 0.0463. The van der Waals surface area contributed by atoms with Crippen molar-refractivity contribution < 1.29 is 4.74 Å². The molecule has 1 atom stereocenters. The molecule has 16 heavy (non-hydrogen) atoms. The van der Waals surface area contributed by atoms with E-state index in [9.17, 15) is 0 Å². The Morgan fingerprint density at radius 1 is 1.38 bits per heavy atom. The number of hydrogen-bond acceptors (Lipinski definition) is 2. The van der Waals surface area contributed by atoms with Crippen LogP contribution in [-0.4, -0.2) is 24.8 Å². The molecule has 0 aliphatic carbocycles. The van der Waals surface area contributed by atoms with Gasteiger partial charge in [-0.05, 0) is 53.5 Å². The average Bonchev–Trinajstić information content (AvgIpc) is 2.15. The lowest BCUT2D eigenvalue weighted by Gasteiger charge is -2.25. The van der Waals surface area contributed by atoms with Gasteiger partial charge in [-0.1, -0.05) is 12.5 Å². The fourth-order valence-electron chi connectivity index (χ4n) is 1.36. The van der Waals surface area contributed by atoms with E-state index in [0.29, 0.717) is 6.04 Å². The summed E-state index contributed by atoms with van der Waals surface area (Å²) in [5.74, 6) is 0. The van der Waals surface area contributed by atoms with E-state index < -0.39 is 0 Å². The third-order valence-electron chi connectivity index (χ3n) is 2.32. The predicted molar refractivity (Wildman–Crippen MR) is 71.8 cm³/mol. The third kappa shape index (κ3) is 10.2. The minimum Gasteiger partial charge on any atom is -0.374 e. The van der Waals surface area contributed by atoms with E-state index >= 15 is 0 Å². The molecule has 0 saturated carbocycles. The van der Waals surface area contributed by atoms with Gasteiger partial charge in [0, 0.05) is 6.04 Å². The van der Waals surface area contributed by atoms with Gasteiger partial charge >= 0.3 is 0 Å². The zero-order valence-corrected chi connectivity index (χ0v) is 11.7. The number of nitrogens with one attached hydrogen (secondary N) is 1. The summed E-state index contributed by atoms with van der Waals surface area (Å²) in [5, 5.41) is 3.53. The minimum atomic E-state index is -0.0463. The molecule has 0 heterocycles. The van der Waals surface area contributed by atoms with Crippen LogP contribution in [0.15, 0.2) is 12.2 Å². The number of allylic oxidation sites excluding steroid dienone is 1. The molecule has 0 aliphatic heterocycles. The first-order valence-corrected chi connectivity index (χ1v) is 6.37. The Morgan fingerprint density at radius 3 is 2.44 bits per heavy atom. The second kappa shape index (κ2) is 7.86. The van der Waals surface area contributed by atoms with Crippen LogP contribution < -0.4 is 5.32 Å². The Balaban J connectivity index is 3.94. The van der Waals surface area contributed by atoms with Crippen LogP contribution in [0.5, 0.6) is 0 Å². The second-order valence-corrected chi connectivity index (χ2v) is 5.57. The first-order valence-electron chi connectivity index (χ1n) is 6.37. The summed E-state index contributed by atoms with van der Waals surface area (Å²) in [5.41, 5.74) is 1.20. The average molecular weight is 227 g/mol. The fraction of sp³-hybridized carbons (Fsp3) is 0.857. The summed E-state index contributed by atoms with van der Waals surface area (Å²) in [7, 11) is 0. The normalized spacial score (nSPS) is 13.8. The zero-order valence-electron chi connectivity index (χ0n) is 11.7. The van der Waals surface area contributed by atoms with E-state index in [-0.39, 0.29) is 5.60 Å². The van der Waals surface area contributed by atoms with Crippen molar-refractivity contribution in [3.8, 4) is 0 Å².